The van der Waals surface area contributed by atoms with Crippen LogP contribution in [0.5, 0.6) is 0 Å². The van der Waals surface area contributed by atoms with E-state index in [9.17, 15) is 0 Å². The number of aromatic amines is 1. The van der Waals surface area contributed by atoms with Crippen LogP contribution in [0.4, 0.5) is 0 Å². The molecule has 0 fully saturated rings. The molecule has 0 saturated heterocycles. The van der Waals surface area contributed by atoms with Crippen molar-refractivity contribution in [3.63, 3.8) is 0 Å². The van der Waals surface area contributed by atoms with E-state index in [1.165, 1.54) is 38.4 Å². The van der Waals surface area contributed by atoms with Crippen LogP contribution >= 0.6 is 0 Å². The number of hydrogen-bond donors (Lipinski definition) is 1. The molecule has 25 heavy (non-hydrogen) atoms. The van der Waals surface area contributed by atoms with E-state index in [-0.39, 0.29) is 0 Å². The zero-order valence-corrected chi connectivity index (χ0v) is 14.6. The lowest BCUT2D eigenvalue weighted by Gasteiger charge is -2.10. The summed E-state index contributed by atoms with van der Waals surface area (Å²) >= 11 is 0. The average molecular weight is 323 g/mol. The predicted molar refractivity (Wildman–Crippen MR) is 110 cm³/mol. The summed E-state index contributed by atoms with van der Waals surface area (Å²) in [7, 11) is 0. The lowest BCUT2D eigenvalue weighted by atomic mass is 9.95. The zero-order valence-electron chi connectivity index (χ0n) is 14.6. The second-order valence-electron chi connectivity index (χ2n) is 6.42. The van der Waals surface area contributed by atoms with Gasteiger partial charge in [0.25, 0.3) is 0 Å². The Kier molecular flexibility index (Phi) is 3.77. The van der Waals surface area contributed by atoms with Gasteiger partial charge < -0.3 is 4.98 Å². The van der Waals surface area contributed by atoms with Crippen molar-refractivity contribution in [1.29, 1.82) is 0 Å². The number of aryl methyl sites for hydroxylation is 1. The van der Waals surface area contributed by atoms with Gasteiger partial charge in [-0.05, 0) is 41.3 Å². The lowest BCUT2D eigenvalue weighted by Crippen LogP contribution is -1.91. The first-order valence-corrected chi connectivity index (χ1v) is 8.62. The molecule has 0 aliphatic carbocycles. The van der Waals surface area contributed by atoms with Crippen molar-refractivity contribution in [3.05, 3.63) is 95.7 Å². The van der Waals surface area contributed by atoms with Crippen LogP contribution in [0.3, 0.4) is 0 Å². The van der Waals surface area contributed by atoms with Crippen LogP contribution in [-0.4, -0.2) is 4.98 Å². The first-order valence-electron chi connectivity index (χ1n) is 8.62. The summed E-state index contributed by atoms with van der Waals surface area (Å²) in [6.07, 6.45) is 4.26. The quantitative estimate of drug-likeness (QED) is 0.430. The molecule has 3 aromatic carbocycles. The van der Waals surface area contributed by atoms with Crippen molar-refractivity contribution in [3.8, 4) is 0 Å². The van der Waals surface area contributed by atoms with Gasteiger partial charge in [0.05, 0.1) is 5.69 Å². The fourth-order valence-electron chi connectivity index (χ4n) is 3.59. The molecule has 0 aliphatic heterocycles. The van der Waals surface area contributed by atoms with Crippen molar-refractivity contribution >= 4 is 33.3 Å². The molecule has 0 unspecified atom stereocenters. The smallest absolute Gasteiger partial charge is 0.0538 e. The molecule has 4 aromatic rings. The van der Waals surface area contributed by atoms with Crippen LogP contribution in [0.15, 0.2) is 73.3 Å². The summed E-state index contributed by atoms with van der Waals surface area (Å²) in [6.45, 7) is 8.64. The van der Waals surface area contributed by atoms with E-state index >= 15 is 0 Å². The second-order valence-corrected chi connectivity index (χ2v) is 6.42. The molecule has 0 aliphatic rings. The SMILES string of the molecule is C=C(c1[nH]c2c(C)cccc2c1/C=C\C)c1cccc2ccccc12. The van der Waals surface area contributed by atoms with Gasteiger partial charge in [0, 0.05) is 16.5 Å². The fraction of sp³-hybridized carbons (Fsp3) is 0.0833. The minimum absolute atomic E-state index is 1.03. The standard InChI is InChI=1S/C24H21N/c1-4-9-21-22-15-7-10-16(2)23(22)25-24(21)17(3)19-14-8-12-18-11-5-6-13-20(18)19/h4-15,25H,3H2,1-2H3/b9-4-. The Labute approximate surface area is 148 Å². The molecule has 0 radical (unpaired) electrons. The van der Waals surface area contributed by atoms with Crippen LogP contribution in [0, 0.1) is 6.92 Å². The first-order chi connectivity index (χ1) is 12.2. The Hall–Kier alpha value is -3.06. The van der Waals surface area contributed by atoms with Gasteiger partial charge in [0.1, 0.15) is 0 Å². The number of fused-ring (bicyclic) bond motifs is 2. The van der Waals surface area contributed by atoms with Crippen molar-refractivity contribution in [2.45, 2.75) is 13.8 Å². The maximum atomic E-state index is 4.45. The largest absolute Gasteiger partial charge is 0.354 e. The number of rotatable bonds is 3. The molecular formula is C24H21N. The average Bonchev–Trinajstić information content (AvgIpc) is 3.01. The Bertz CT molecular complexity index is 1120. The highest BCUT2D eigenvalue weighted by atomic mass is 14.7. The van der Waals surface area contributed by atoms with Gasteiger partial charge in [-0.25, -0.2) is 0 Å². The summed E-state index contributed by atoms with van der Waals surface area (Å²) < 4.78 is 0. The first kappa shape index (κ1) is 15.5. The third-order valence-electron chi connectivity index (χ3n) is 4.83. The Balaban J connectivity index is 1.99. The molecular weight excluding hydrogens is 302 g/mol. The third-order valence-corrected chi connectivity index (χ3v) is 4.83. The highest BCUT2D eigenvalue weighted by Crippen LogP contribution is 2.35. The van der Waals surface area contributed by atoms with Crippen molar-refractivity contribution in [1.82, 2.24) is 4.98 Å². The summed E-state index contributed by atoms with van der Waals surface area (Å²) in [5.41, 5.74) is 6.94. The lowest BCUT2D eigenvalue weighted by molar-refractivity contribution is 1.36. The van der Waals surface area contributed by atoms with E-state index in [4.69, 9.17) is 0 Å². The van der Waals surface area contributed by atoms with Crippen LogP contribution in [0.2, 0.25) is 0 Å². The maximum absolute atomic E-state index is 4.45. The number of aromatic nitrogens is 1. The summed E-state index contributed by atoms with van der Waals surface area (Å²) in [6, 6.07) is 21.3. The van der Waals surface area contributed by atoms with Crippen molar-refractivity contribution < 1.29 is 0 Å². The van der Waals surface area contributed by atoms with Gasteiger partial charge in [0.15, 0.2) is 0 Å². The highest BCUT2D eigenvalue weighted by Gasteiger charge is 2.15. The Morgan fingerprint density at radius 2 is 1.64 bits per heavy atom. The van der Waals surface area contributed by atoms with E-state index in [0.717, 1.165) is 11.3 Å². The molecule has 1 heterocycles. The van der Waals surface area contributed by atoms with Gasteiger partial charge in [-0.2, -0.15) is 0 Å². The number of benzene rings is 3. The van der Waals surface area contributed by atoms with E-state index < -0.39 is 0 Å². The van der Waals surface area contributed by atoms with E-state index in [1.807, 2.05) is 0 Å². The monoisotopic (exact) mass is 323 g/mol. The number of allylic oxidation sites excluding steroid dienone is 1. The van der Waals surface area contributed by atoms with E-state index in [0.29, 0.717) is 0 Å². The van der Waals surface area contributed by atoms with Gasteiger partial charge in [0.2, 0.25) is 0 Å². The molecule has 122 valence electrons. The second kappa shape index (κ2) is 6.10. The molecule has 1 nitrogen and oxygen atoms in total. The number of H-pyrrole nitrogens is 1. The topological polar surface area (TPSA) is 15.8 Å². The van der Waals surface area contributed by atoms with Gasteiger partial charge in [-0.15, -0.1) is 0 Å². The number of hydrogen-bond acceptors (Lipinski definition) is 0. The van der Waals surface area contributed by atoms with Gasteiger partial charge in [-0.1, -0.05) is 79.4 Å². The summed E-state index contributed by atoms with van der Waals surface area (Å²) in [5, 5.41) is 3.72. The van der Waals surface area contributed by atoms with Gasteiger partial charge >= 0.3 is 0 Å². The minimum Gasteiger partial charge on any atom is -0.354 e. The minimum atomic E-state index is 1.03. The Morgan fingerprint density at radius 1 is 0.920 bits per heavy atom. The fourth-order valence-corrected chi connectivity index (χ4v) is 3.59. The predicted octanol–water partition coefficient (Wildman–Crippen LogP) is 6.72. The van der Waals surface area contributed by atoms with Crippen molar-refractivity contribution in [2.75, 3.05) is 0 Å². The van der Waals surface area contributed by atoms with Crippen LogP contribution in [0.25, 0.3) is 33.3 Å². The molecule has 4 rings (SSSR count). The Morgan fingerprint density at radius 3 is 2.48 bits per heavy atom. The van der Waals surface area contributed by atoms with E-state index in [1.54, 1.807) is 0 Å². The van der Waals surface area contributed by atoms with E-state index in [2.05, 4.69) is 98.2 Å². The molecule has 0 amide bonds. The van der Waals surface area contributed by atoms with Gasteiger partial charge in [-0.3, -0.25) is 0 Å². The molecule has 0 saturated carbocycles. The van der Waals surface area contributed by atoms with Crippen molar-refractivity contribution in [2.24, 2.45) is 0 Å². The number of para-hydroxylation sites is 1. The number of nitrogens with one attached hydrogen (secondary N) is 1. The normalized spacial score (nSPS) is 11.6. The highest BCUT2D eigenvalue weighted by molar-refractivity contribution is 6.02. The molecule has 1 aromatic heterocycles. The molecule has 1 N–H and O–H groups in total. The van der Waals surface area contributed by atoms with Crippen LogP contribution in [-0.2, 0) is 0 Å². The zero-order chi connectivity index (χ0) is 17.4. The summed E-state index contributed by atoms with van der Waals surface area (Å²) in [5.74, 6) is 0. The third kappa shape index (κ3) is 2.49. The maximum Gasteiger partial charge on any atom is 0.0538 e. The molecule has 1 heteroatoms. The molecule has 0 bridgehead atoms. The molecule has 0 spiro atoms. The van der Waals surface area contributed by atoms with Crippen LogP contribution < -0.4 is 0 Å². The van der Waals surface area contributed by atoms with Crippen LogP contribution in [0.1, 0.15) is 29.3 Å². The summed E-state index contributed by atoms with van der Waals surface area (Å²) in [4.78, 5) is 3.63. The molecule has 0 atom stereocenters.